The van der Waals surface area contributed by atoms with Crippen molar-refractivity contribution in [2.24, 2.45) is 11.5 Å². The zero-order valence-electron chi connectivity index (χ0n) is 7.46. The summed E-state index contributed by atoms with van der Waals surface area (Å²) in [6.45, 7) is 0. The summed E-state index contributed by atoms with van der Waals surface area (Å²) in [4.78, 5) is 25.6. The van der Waals surface area contributed by atoms with Crippen molar-refractivity contribution < 1.29 is 9.59 Å². The molecule has 0 aliphatic heterocycles. The summed E-state index contributed by atoms with van der Waals surface area (Å²) >= 11 is 0. The number of aromatic nitrogens is 1. The lowest BCUT2D eigenvalue weighted by Crippen LogP contribution is -2.48. The summed E-state index contributed by atoms with van der Waals surface area (Å²) in [5, 5.41) is 0. The Kier molecular flexibility index (Phi) is 3.44. The molecule has 14 heavy (non-hydrogen) atoms. The molecule has 0 aromatic carbocycles. The predicted molar refractivity (Wildman–Crippen MR) is 50.6 cm³/mol. The van der Waals surface area contributed by atoms with Crippen LogP contribution < -0.4 is 11.5 Å². The molecule has 5 heteroatoms. The van der Waals surface area contributed by atoms with Crippen LogP contribution in [0, 0.1) is 0 Å². The first-order chi connectivity index (χ1) is 6.66. The van der Waals surface area contributed by atoms with Crippen molar-refractivity contribution >= 4 is 12.1 Å². The number of ketones is 1. The van der Waals surface area contributed by atoms with E-state index in [1.807, 2.05) is 0 Å². The Hall–Kier alpha value is -1.59. The average Bonchev–Trinajstić information content (AvgIpc) is 2.27. The van der Waals surface area contributed by atoms with Crippen LogP contribution in [-0.4, -0.2) is 29.1 Å². The third kappa shape index (κ3) is 2.21. The fourth-order valence-electron chi connectivity index (χ4n) is 0.960. The zero-order chi connectivity index (χ0) is 10.6. The van der Waals surface area contributed by atoms with Gasteiger partial charge in [-0.2, -0.15) is 0 Å². The van der Waals surface area contributed by atoms with Gasteiger partial charge in [-0.15, -0.1) is 0 Å². The van der Waals surface area contributed by atoms with Crippen molar-refractivity contribution in [3.8, 4) is 0 Å². The molecular weight excluding hydrogens is 182 g/mol. The topological polar surface area (TPSA) is 99.1 Å². The molecule has 0 bridgehead atoms. The second-order valence-electron chi connectivity index (χ2n) is 2.85. The molecule has 0 spiro atoms. The Bertz CT molecular complexity index is 326. The number of pyridine rings is 1. The maximum Gasteiger partial charge on any atom is 0.183 e. The van der Waals surface area contributed by atoms with Gasteiger partial charge in [-0.3, -0.25) is 9.78 Å². The van der Waals surface area contributed by atoms with E-state index in [-0.39, 0.29) is 5.78 Å². The highest BCUT2D eigenvalue weighted by atomic mass is 16.1. The molecule has 0 aliphatic rings. The number of carbonyl (C=O) groups excluding carboxylic acids is 2. The first-order valence-electron chi connectivity index (χ1n) is 4.07. The molecule has 0 aliphatic carbocycles. The van der Waals surface area contributed by atoms with Crippen LogP contribution in [0.25, 0.3) is 0 Å². The maximum atomic E-state index is 11.5. The van der Waals surface area contributed by atoms with Gasteiger partial charge < -0.3 is 16.3 Å². The second kappa shape index (κ2) is 4.59. The van der Waals surface area contributed by atoms with Crippen LogP contribution in [0.1, 0.15) is 10.4 Å². The SMILES string of the molecule is NC(C=O)C(N)C(=O)c1cccnc1. The Morgan fingerprint density at radius 1 is 1.50 bits per heavy atom. The fraction of sp³-hybridized carbons (Fsp3) is 0.222. The molecule has 0 saturated heterocycles. The highest BCUT2D eigenvalue weighted by Gasteiger charge is 2.21. The number of carbonyl (C=O) groups is 2. The predicted octanol–water partition coefficient (Wildman–Crippen LogP) is -0.882. The van der Waals surface area contributed by atoms with Crippen LogP contribution in [0.4, 0.5) is 0 Å². The highest BCUT2D eigenvalue weighted by molar-refractivity contribution is 6.01. The summed E-state index contributed by atoms with van der Waals surface area (Å²) in [5.41, 5.74) is 11.1. The van der Waals surface area contributed by atoms with Gasteiger partial charge in [0.1, 0.15) is 6.29 Å². The maximum absolute atomic E-state index is 11.5. The smallest absolute Gasteiger partial charge is 0.183 e. The molecule has 0 radical (unpaired) electrons. The number of nitrogens with two attached hydrogens (primary N) is 2. The zero-order valence-corrected chi connectivity index (χ0v) is 7.46. The van der Waals surface area contributed by atoms with Crippen LogP contribution in [0.3, 0.4) is 0 Å². The van der Waals surface area contributed by atoms with Gasteiger partial charge in [-0.05, 0) is 12.1 Å². The van der Waals surface area contributed by atoms with Crippen LogP contribution in [-0.2, 0) is 4.79 Å². The summed E-state index contributed by atoms with van der Waals surface area (Å²) in [6.07, 6.45) is 3.39. The molecule has 2 unspecified atom stereocenters. The lowest BCUT2D eigenvalue weighted by Gasteiger charge is -2.12. The summed E-state index contributed by atoms with van der Waals surface area (Å²) < 4.78 is 0. The van der Waals surface area contributed by atoms with Gasteiger partial charge in [0.15, 0.2) is 5.78 Å². The van der Waals surface area contributed by atoms with E-state index in [1.165, 1.54) is 6.20 Å². The lowest BCUT2D eigenvalue weighted by atomic mass is 10.0. The van der Waals surface area contributed by atoms with E-state index in [4.69, 9.17) is 11.5 Å². The van der Waals surface area contributed by atoms with Crippen LogP contribution in [0.15, 0.2) is 24.5 Å². The summed E-state index contributed by atoms with van der Waals surface area (Å²) in [5.74, 6) is -0.377. The van der Waals surface area contributed by atoms with Gasteiger partial charge in [0.05, 0.1) is 12.1 Å². The molecule has 0 fully saturated rings. The molecular formula is C9H11N3O2. The Morgan fingerprint density at radius 3 is 2.71 bits per heavy atom. The van der Waals surface area contributed by atoms with Crippen LogP contribution >= 0.6 is 0 Å². The quantitative estimate of drug-likeness (QED) is 0.477. The third-order valence-corrected chi connectivity index (χ3v) is 1.82. The lowest BCUT2D eigenvalue weighted by molar-refractivity contribution is -0.109. The van der Waals surface area contributed by atoms with Crippen LogP contribution in [0.5, 0.6) is 0 Å². The third-order valence-electron chi connectivity index (χ3n) is 1.82. The Labute approximate surface area is 81.1 Å². The van der Waals surface area contributed by atoms with E-state index >= 15 is 0 Å². The Balaban J connectivity index is 2.81. The first kappa shape index (κ1) is 10.5. The minimum Gasteiger partial charge on any atom is -0.320 e. The van der Waals surface area contributed by atoms with Crippen molar-refractivity contribution in [2.45, 2.75) is 12.1 Å². The number of Topliss-reactive ketones (excluding diaryl/α,β-unsaturated/α-hetero) is 1. The van der Waals surface area contributed by atoms with E-state index in [9.17, 15) is 9.59 Å². The summed E-state index contributed by atoms with van der Waals surface area (Å²) in [7, 11) is 0. The van der Waals surface area contributed by atoms with Gasteiger partial charge in [0.2, 0.25) is 0 Å². The van der Waals surface area contributed by atoms with E-state index in [0.717, 1.165) is 0 Å². The van der Waals surface area contributed by atoms with Gasteiger partial charge >= 0.3 is 0 Å². The molecule has 2 atom stereocenters. The number of hydrogen-bond acceptors (Lipinski definition) is 5. The molecule has 4 N–H and O–H groups in total. The molecule has 5 nitrogen and oxygen atoms in total. The molecule has 1 heterocycles. The van der Waals surface area contributed by atoms with Crippen molar-refractivity contribution in [1.82, 2.24) is 4.98 Å². The van der Waals surface area contributed by atoms with Crippen LogP contribution in [0.2, 0.25) is 0 Å². The number of nitrogens with zero attached hydrogens (tertiary/aromatic N) is 1. The fourth-order valence-corrected chi connectivity index (χ4v) is 0.960. The molecule has 1 aromatic heterocycles. The van der Waals surface area contributed by atoms with E-state index < -0.39 is 12.1 Å². The van der Waals surface area contributed by atoms with E-state index in [0.29, 0.717) is 11.8 Å². The number of rotatable bonds is 4. The van der Waals surface area contributed by atoms with E-state index in [2.05, 4.69) is 4.98 Å². The normalized spacial score (nSPS) is 14.4. The number of hydrogen-bond donors (Lipinski definition) is 2. The Morgan fingerprint density at radius 2 is 2.21 bits per heavy atom. The van der Waals surface area contributed by atoms with Crippen molar-refractivity contribution in [3.63, 3.8) is 0 Å². The highest BCUT2D eigenvalue weighted by Crippen LogP contribution is 2.01. The van der Waals surface area contributed by atoms with Gasteiger partial charge in [-0.1, -0.05) is 0 Å². The second-order valence-corrected chi connectivity index (χ2v) is 2.85. The van der Waals surface area contributed by atoms with Crippen molar-refractivity contribution in [1.29, 1.82) is 0 Å². The average molecular weight is 193 g/mol. The van der Waals surface area contributed by atoms with Gasteiger partial charge in [0, 0.05) is 18.0 Å². The standard InChI is InChI=1S/C9H11N3O2/c10-7(5-13)8(11)9(14)6-2-1-3-12-4-6/h1-5,7-8H,10-11H2. The molecule has 0 saturated carbocycles. The molecule has 0 amide bonds. The van der Waals surface area contributed by atoms with E-state index in [1.54, 1.807) is 18.3 Å². The largest absolute Gasteiger partial charge is 0.320 e. The number of aldehydes is 1. The summed E-state index contributed by atoms with van der Waals surface area (Å²) in [6, 6.07) is 1.22. The monoisotopic (exact) mass is 193 g/mol. The van der Waals surface area contributed by atoms with Gasteiger partial charge in [0.25, 0.3) is 0 Å². The molecule has 1 aromatic rings. The first-order valence-corrected chi connectivity index (χ1v) is 4.07. The minimum absolute atomic E-state index is 0.359. The molecule has 1 rings (SSSR count). The van der Waals surface area contributed by atoms with Crippen molar-refractivity contribution in [2.75, 3.05) is 0 Å². The van der Waals surface area contributed by atoms with Gasteiger partial charge in [-0.25, -0.2) is 0 Å². The molecule has 74 valence electrons. The minimum atomic E-state index is -1.00. The van der Waals surface area contributed by atoms with Crippen molar-refractivity contribution in [3.05, 3.63) is 30.1 Å².